The van der Waals surface area contributed by atoms with Crippen LogP contribution in [0.15, 0.2) is 54.6 Å². The quantitative estimate of drug-likeness (QED) is 0.793. The number of benzene rings is 2. The van der Waals surface area contributed by atoms with Gasteiger partial charge in [-0.15, -0.1) is 0 Å². The Bertz CT molecular complexity index is 597. The number of hydrogen-bond donors (Lipinski definition) is 1. The van der Waals surface area contributed by atoms with Crippen LogP contribution in [0.2, 0.25) is 0 Å². The van der Waals surface area contributed by atoms with Crippen molar-refractivity contribution in [2.75, 3.05) is 32.6 Å². The molecule has 0 bridgehead atoms. The van der Waals surface area contributed by atoms with Crippen LogP contribution in [0.5, 0.6) is 11.5 Å². The fourth-order valence-corrected chi connectivity index (χ4v) is 1.95. The molecule has 0 aromatic heterocycles. The maximum atomic E-state index is 11.8. The lowest BCUT2D eigenvalue weighted by atomic mass is 10.3. The first-order valence-electron chi connectivity index (χ1n) is 7.55. The molecule has 2 rings (SSSR count). The van der Waals surface area contributed by atoms with Crippen molar-refractivity contribution in [2.45, 2.75) is 6.42 Å². The van der Waals surface area contributed by atoms with Crippen molar-refractivity contribution in [1.82, 2.24) is 4.90 Å². The van der Waals surface area contributed by atoms with Gasteiger partial charge < -0.3 is 14.4 Å². The summed E-state index contributed by atoms with van der Waals surface area (Å²) in [6, 6.07) is 16.2. The van der Waals surface area contributed by atoms with Gasteiger partial charge in [0.2, 0.25) is 0 Å². The molecule has 0 aliphatic carbocycles. The molecule has 0 unspecified atom stereocenters. The summed E-state index contributed by atoms with van der Waals surface area (Å²) in [5.41, 5.74) is 0.693. The van der Waals surface area contributed by atoms with Crippen LogP contribution >= 0.6 is 0 Å². The van der Waals surface area contributed by atoms with Gasteiger partial charge in [-0.25, -0.2) is 4.79 Å². The summed E-state index contributed by atoms with van der Waals surface area (Å²) in [6.45, 7) is 1.65. The molecular weight excluding hydrogens is 292 g/mol. The minimum absolute atomic E-state index is 0.471. The summed E-state index contributed by atoms with van der Waals surface area (Å²) >= 11 is 0. The van der Waals surface area contributed by atoms with E-state index < -0.39 is 6.09 Å². The number of para-hydroxylation sites is 1. The molecule has 0 fully saturated rings. The third-order valence-corrected chi connectivity index (χ3v) is 3.07. The van der Waals surface area contributed by atoms with Crippen molar-refractivity contribution in [2.24, 2.45) is 0 Å². The van der Waals surface area contributed by atoms with Gasteiger partial charge in [-0.3, -0.25) is 5.32 Å². The smallest absolute Gasteiger partial charge is 0.417 e. The summed E-state index contributed by atoms with van der Waals surface area (Å²) in [6.07, 6.45) is 0.445. The summed E-state index contributed by atoms with van der Waals surface area (Å²) in [5, 5.41) is 2.66. The van der Waals surface area contributed by atoms with E-state index in [-0.39, 0.29) is 0 Å². The molecule has 5 nitrogen and oxygen atoms in total. The minimum Gasteiger partial charge on any atom is -0.494 e. The number of ether oxygens (including phenoxy) is 2. The monoisotopic (exact) mass is 314 g/mol. The van der Waals surface area contributed by atoms with Gasteiger partial charge in [0.15, 0.2) is 0 Å². The van der Waals surface area contributed by atoms with Gasteiger partial charge in [0.1, 0.15) is 11.5 Å². The first-order valence-corrected chi connectivity index (χ1v) is 7.55. The summed E-state index contributed by atoms with van der Waals surface area (Å²) in [7, 11) is 4.07. The Labute approximate surface area is 136 Å². The van der Waals surface area contributed by atoms with E-state index in [0.29, 0.717) is 18.0 Å². The topological polar surface area (TPSA) is 50.8 Å². The molecule has 0 aliphatic rings. The van der Waals surface area contributed by atoms with Gasteiger partial charge in [0.05, 0.1) is 6.61 Å². The number of nitrogens with one attached hydrogen (secondary N) is 1. The lowest BCUT2D eigenvalue weighted by Gasteiger charge is -2.11. The summed E-state index contributed by atoms with van der Waals surface area (Å²) in [5.74, 6) is 1.23. The van der Waals surface area contributed by atoms with Crippen LogP contribution in [0.4, 0.5) is 10.5 Å². The Morgan fingerprint density at radius 2 is 1.65 bits per heavy atom. The summed E-state index contributed by atoms with van der Waals surface area (Å²) in [4.78, 5) is 13.9. The molecule has 2 aromatic rings. The molecule has 0 saturated heterocycles. The molecule has 5 heteroatoms. The number of carbonyl (C=O) groups is 1. The lowest BCUT2D eigenvalue weighted by Crippen LogP contribution is -2.16. The molecule has 0 radical (unpaired) electrons. The molecule has 0 aliphatic heterocycles. The van der Waals surface area contributed by atoms with Crippen LogP contribution in [0.1, 0.15) is 6.42 Å². The Kier molecular flexibility index (Phi) is 6.44. The van der Waals surface area contributed by atoms with Crippen molar-refractivity contribution in [1.29, 1.82) is 0 Å². The van der Waals surface area contributed by atoms with E-state index in [1.54, 1.807) is 36.4 Å². The first kappa shape index (κ1) is 16.8. The number of amides is 1. The second kappa shape index (κ2) is 8.80. The van der Waals surface area contributed by atoms with Crippen LogP contribution in [0, 0.1) is 0 Å². The van der Waals surface area contributed by atoms with Crippen LogP contribution in [0.3, 0.4) is 0 Å². The average molecular weight is 314 g/mol. The Balaban J connectivity index is 1.77. The van der Waals surface area contributed by atoms with E-state index >= 15 is 0 Å². The zero-order valence-corrected chi connectivity index (χ0v) is 13.5. The largest absolute Gasteiger partial charge is 0.494 e. The standard InChI is InChI=1S/C18H22N2O3/c1-20(2)13-6-14-22-16-9-11-17(12-10-16)23-18(21)19-15-7-4-3-5-8-15/h3-5,7-12H,6,13-14H2,1-2H3,(H,19,21). The van der Waals surface area contributed by atoms with E-state index in [2.05, 4.69) is 10.2 Å². The highest BCUT2D eigenvalue weighted by Crippen LogP contribution is 2.18. The molecule has 0 saturated carbocycles. The minimum atomic E-state index is -0.518. The van der Waals surface area contributed by atoms with Crippen LogP contribution < -0.4 is 14.8 Å². The molecule has 1 amide bonds. The Morgan fingerprint density at radius 1 is 1.00 bits per heavy atom. The SMILES string of the molecule is CN(C)CCCOc1ccc(OC(=O)Nc2ccccc2)cc1. The van der Waals surface area contributed by atoms with E-state index in [0.717, 1.165) is 18.7 Å². The lowest BCUT2D eigenvalue weighted by molar-refractivity contribution is 0.215. The average Bonchev–Trinajstić information content (AvgIpc) is 2.54. The summed E-state index contributed by atoms with van der Waals surface area (Å²) < 4.78 is 10.8. The van der Waals surface area contributed by atoms with E-state index in [9.17, 15) is 4.79 Å². The van der Waals surface area contributed by atoms with Gasteiger partial charge in [0.25, 0.3) is 0 Å². The highest BCUT2D eigenvalue weighted by Gasteiger charge is 2.05. The van der Waals surface area contributed by atoms with Crippen molar-refractivity contribution in [3.8, 4) is 11.5 Å². The first-order chi connectivity index (χ1) is 11.1. The number of anilines is 1. The van der Waals surface area contributed by atoms with Gasteiger partial charge in [-0.1, -0.05) is 18.2 Å². The molecule has 1 N–H and O–H groups in total. The van der Waals surface area contributed by atoms with E-state index in [1.165, 1.54) is 0 Å². The number of rotatable bonds is 7. The molecule has 0 atom stereocenters. The van der Waals surface area contributed by atoms with E-state index in [1.807, 2.05) is 32.3 Å². The van der Waals surface area contributed by atoms with Crippen molar-refractivity contribution >= 4 is 11.8 Å². The Hall–Kier alpha value is -2.53. The molecule has 0 spiro atoms. The van der Waals surface area contributed by atoms with Crippen molar-refractivity contribution in [3.63, 3.8) is 0 Å². The third-order valence-electron chi connectivity index (χ3n) is 3.07. The van der Waals surface area contributed by atoms with Gasteiger partial charge >= 0.3 is 6.09 Å². The number of carbonyl (C=O) groups excluding carboxylic acids is 1. The zero-order valence-electron chi connectivity index (χ0n) is 13.5. The highest BCUT2D eigenvalue weighted by molar-refractivity contribution is 5.86. The molecular formula is C18H22N2O3. The van der Waals surface area contributed by atoms with E-state index in [4.69, 9.17) is 9.47 Å². The molecule has 23 heavy (non-hydrogen) atoms. The zero-order chi connectivity index (χ0) is 16.5. The Morgan fingerprint density at radius 3 is 2.30 bits per heavy atom. The van der Waals surface area contributed by atoms with Crippen LogP contribution in [0.25, 0.3) is 0 Å². The normalized spacial score (nSPS) is 10.4. The maximum Gasteiger partial charge on any atom is 0.417 e. The molecule has 2 aromatic carbocycles. The number of nitrogens with zero attached hydrogens (tertiary/aromatic N) is 1. The van der Waals surface area contributed by atoms with Crippen LogP contribution in [-0.4, -0.2) is 38.2 Å². The van der Waals surface area contributed by atoms with Gasteiger partial charge in [-0.2, -0.15) is 0 Å². The second-order valence-electron chi connectivity index (χ2n) is 5.36. The van der Waals surface area contributed by atoms with Crippen molar-refractivity contribution < 1.29 is 14.3 Å². The van der Waals surface area contributed by atoms with Gasteiger partial charge in [0, 0.05) is 12.2 Å². The predicted octanol–water partition coefficient (Wildman–Crippen LogP) is 3.63. The number of hydrogen-bond acceptors (Lipinski definition) is 4. The van der Waals surface area contributed by atoms with Crippen molar-refractivity contribution in [3.05, 3.63) is 54.6 Å². The third kappa shape index (κ3) is 6.40. The maximum absolute atomic E-state index is 11.8. The van der Waals surface area contributed by atoms with Gasteiger partial charge in [-0.05, 0) is 56.9 Å². The predicted molar refractivity (Wildman–Crippen MR) is 91.2 cm³/mol. The second-order valence-corrected chi connectivity index (χ2v) is 5.36. The highest BCUT2D eigenvalue weighted by atomic mass is 16.6. The fraction of sp³-hybridized carbons (Fsp3) is 0.278. The molecule has 0 heterocycles. The molecule has 122 valence electrons. The fourth-order valence-electron chi connectivity index (χ4n) is 1.95. The van der Waals surface area contributed by atoms with Crippen LogP contribution in [-0.2, 0) is 0 Å².